The van der Waals surface area contributed by atoms with Gasteiger partial charge in [0.15, 0.2) is 0 Å². The molecule has 1 rings (SSSR count). The Balaban J connectivity index is 2.17. The predicted octanol–water partition coefficient (Wildman–Crippen LogP) is 6.87. The highest BCUT2D eigenvalue weighted by atomic mass is 32.2. The highest BCUT2D eigenvalue weighted by Crippen LogP contribution is 2.24. The molecule has 0 bridgehead atoms. The van der Waals surface area contributed by atoms with Gasteiger partial charge in [0.1, 0.15) is 0 Å². The van der Waals surface area contributed by atoms with Crippen LogP contribution in [0.15, 0.2) is 23.1 Å². The molecule has 29 heavy (non-hydrogen) atoms. The molecular formula is C22H37NO5S. The van der Waals surface area contributed by atoms with Crippen molar-refractivity contribution in [2.24, 2.45) is 0 Å². The molecule has 0 fully saturated rings. The topological polar surface area (TPSA) is 97.5 Å². The highest BCUT2D eigenvalue weighted by molar-refractivity contribution is 7.85. The van der Waals surface area contributed by atoms with Gasteiger partial charge in [-0.15, -0.1) is 0 Å². The van der Waals surface area contributed by atoms with E-state index in [0.717, 1.165) is 37.8 Å². The number of unbranched alkanes of at least 4 members (excludes halogenated alkanes) is 13. The number of aryl methyl sites for hydroxylation is 1. The molecule has 0 amide bonds. The molecule has 7 heteroatoms. The zero-order valence-corrected chi connectivity index (χ0v) is 18.6. The second-order valence-electron chi connectivity index (χ2n) is 7.87. The van der Waals surface area contributed by atoms with Crippen LogP contribution in [0.5, 0.6) is 0 Å². The lowest BCUT2D eigenvalue weighted by atomic mass is 10.0. The van der Waals surface area contributed by atoms with Gasteiger partial charge in [-0.25, -0.2) is 0 Å². The van der Waals surface area contributed by atoms with Crippen molar-refractivity contribution < 1.29 is 17.9 Å². The van der Waals surface area contributed by atoms with Gasteiger partial charge in [-0.05, 0) is 24.5 Å². The summed E-state index contributed by atoms with van der Waals surface area (Å²) in [6.07, 6.45) is 17.6. The quantitative estimate of drug-likeness (QED) is 0.127. The average Bonchev–Trinajstić information content (AvgIpc) is 2.67. The third-order valence-corrected chi connectivity index (χ3v) is 6.29. The van der Waals surface area contributed by atoms with Crippen LogP contribution < -0.4 is 0 Å². The van der Waals surface area contributed by atoms with Crippen LogP contribution in [0.25, 0.3) is 0 Å². The van der Waals surface area contributed by atoms with Crippen LogP contribution in [0.2, 0.25) is 0 Å². The van der Waals surface area contributed by atoms with E-state index in [-0.39, 0.29) is 10.6 Å². The summed E-state index contributed by atoms with van der Waals surface area (Å²) in [7, 11) is -4.37. The first-order valence-electron chi connectivity index (χ1n) is 11.1. The van der Waals surface area contributed by atoms with Crippen molar-refractivity contribution in [3.05, 3.63) is 33.9 Å². The molecule has 0 heterocycles. The van der Waals surface area contributed by atoms with Gasteiger partial charge in [0.25, 0.3) is 15.8 Å². The van der Waals surface area contributed by atoms with Crippen molar-refractivity contribution in [1.82, 2.24) is 0 Å². The molecule has 1 aromatic carbocycles. The number of non-ortho nitro benzene ring substituents is 1. The fraction of sp³-hybridized carbons (Fsp3) is 0.727. The molecule has 6 nitrogen and oxygen atoms in total. The summed E-state index contributed by atoms with van der Waals surface area (Å²) >= 11 is 0. The van der Waals surface area contributed by atoms with Gasteiger partial charge in [0, 0.05) is 12.1 Å². The molecule has 0 spiro atoms. The predicted molar refractivity (Wildman–Crippen MR) is 117 cm³/mol. The molecule has 0 saturated carbocycles. The highest BCUT2D eigenvalue weighted by Gasteiger charge is 2.18. The number of rotatable bonds is 17. The van der Waals surface area contributed by atoms with Crippen molar-refractivity contribution in [2.45, 2.75) is 108 Å². The average molecular weight is 428 g/mol. The van der Waals surface area contributed by atoms with Gasteiger partial charge < -0.3 is 0 Å². The zero-order chi connectivity index (χ0) is 21.5. The Hall–Kier alpha value is -1.47. The zero-order valence-electron chi connectivity index (χ0n) is 17.8. The number of nitro benzene ring substituents is 1. The fourth-order valence-electron chi connectivity index (χ4n) is 3.64. The standard InChI is InChI=1S/C22H37NO5S/c1-2-3-4-5-6-7-8-9-10-11-12-13-14-15-16-20-19-21(23(24)25)17-18-22(20)29(26,27)28/h17-19H,2-16H2,1H3,(H,26,27,28). The van der Waals surface area contributed by atoms with Crippen molar-refractivity contribution in [1.29, 1.82) is 0 Å². The first-order chi connectivity index (χ1) is 13.9. The first kappa shape index (κ1) is 25.6. The summed E-state index contributed by atoms with van der Waals surface area (Å²) in [4.78, 5) is 10.1. The molecule has 0 aliphatic heterocycles. The van der Waals surface area contributed by atoms with Crippen molar-refractivity contribution in [3.63, 3.8) is 0 Å². The Labute approximate surface area is 176 Å². The fourth-order valence-corrected chi connectivity index (χ4v) is 4.37. The van der Waals surface area contributed by atoms with E-state index in [1.807, 2.05) is 0 Å². The summed E-state index contributed by atoms with van der Waals surface area (Å²) in [6, 6.07) is 3.48. The normalized spacial score (nSPS) is 11.7. The van der Waals surface area contributed by atoms with E-state index in [4.69, 9.17) is 0 Å². The van der Waals surface area contributed by atoms with Crippen LogP contribution in [0, 0.1) is 10.1 Å². The van der Waals surface area contributed by atoms with E-state index in [2.05, 4.69) is 6.92 Å². The maximum absolute atomic E-state index is 11.5. The minimum atomic E-state index is -4.37. The van der Waals surface area contributed by atoms with E-state index >= 15 is 0 Å². The summed E-state index contributed by atoms with van der Waals surface area (Å²) in [5, 5.41) is 10.9. The number of hydrogen-bond acceptors (Lipinski definition) is 4. The van der Waals surface area contributed by atoms with E-state index in [9.17, 15) is 23.1 Å². The first-order valence-corrected chi connectivity index (χ1v) is 12.5. The maximum Gasteiger partial charge on any atom is 0.294 e. The minimum Gasteiger partial charge on any atom is -0.282 e. The van der Waals surface area contributed by atoms with Crippen LogP contribution in [-0.2, 0) is 16.5 Å². The van der Waals surface area contributed by atoms with Crippen LogP contribution in [0.4, 0.5) is 5.69 Å². The van der Waals surface area contributed by atoms with Crippen LogP contribution in [0.1, 0.15) is 102 Å². The van der Waals surface area contributed by atoms with E-state index in [1.54, 1.807) is 0 Å². The molecule has 0 unspecified atom stereocenters. The summed E-state index contributed by atoms with van der Waals surface area (Å²) < 4.78 is 32.3. The molecule has 0 atom stereocenters. The number of nitro groups is 1. The molecule has 1 N–H and O–H groups in total. The van der Waals surface area contributed by atoms with E-state index in [1.165, 1.54) is 70.3 Å². The Morgan fingerprint density at radius 3 is 1.69 bits per heavy atom. The van der Waals surface area contributed by atoms with Crippen LogP contribution >= 0.6 is 0 Å². The van der Waals surface area contributed by atoms with Crippen LogP contribution in [0.3, 0.4) is 0 Å². The number of hydrogen-bond donors (Lipinski definition) is 1. The molecule has 0 radical (unpaired) electrons. The van der Waals surface area contributed by atoms with Gasteiger partial charge in [-0.2, -0.15) is 8.42 Å². The molecule has 0 saturated heterocycles. The summed E-state index contributed by atoms with van der Waals surface area (Å²) in [5.74, 6) is 0. The summed E-state index contributed by atoms with van der Waals surface area (Å²) in [5.41, 5.74) is 0.165. The van der Waals surface area contributed by atoms with Gasteiger partial charge in [0.2, 0.25) is 0 Å². The van der Waals surface area contributed by atoms with Gasteiger partial charge >= 0.3 is 0 Å². The monoisotopic (exact) mass is 427 g/mol. The smallest absolute Gasteiger partial charge is 0.282 e. The molecule has 166 valence electrons. The van der Waals surface area contributed by atoms with Gasteiger partial charge in [-0.3, -0.25) is 14.7 Å². The number of nitrogens with zero attached hydrogens (tertiary/aromatic N) is 1. The second-order valence-corrected chi connectivity index (χ2v) is 9.26. The molecular weight excluding hydrogens is 390 g/mol. The summed E-state index contributed by atoms with van der Waals surface area (Å²) in [6.45, 7) is 2.24. The third kappa shape index (κ3) is 11.3. The molecule has 0 aliphatic rings. The Morgan fingerprint density at radius 2 is 1.28 bits per heavy atom. The lowest BCUT2D eigenvalue weighted by molar-refractivity contribution is -0.385. The Morgan fingerprint density at radius 1 is 0.828 bits per heavy atom. The van der Waals surface area contributed by atoms with Gasteiger partial charge in [0.05, 0.1) is 9.82 Å². The van der Waals surface area contributed by atoms with E-state index in [0.29, 0.717) is 12.0 Å². The molecule has 0 aromatic heterocycles. The molecule has 1 aromatic rings. The molecule has 0 aliphatic carbocycles. The third-order valence-electron chi connectivity index (χ3n) is 5.33. The largest absolute Gasteiger partial charge is 0.294 e. The van der Waals surface area contributed by atoms with Crippen molar-refractivity contribution in [3.8, 4) is 0 Å². The van der Waals surface area contributed by atoms with Crippen molar-refractivity contribution >= 4 is 15.8 Å². The van der Waals surface area contributed by atoms with Crippen LogP contribution in [-0.4, -0.2) is 17.9 Å². The number of benzene rings is 1. The second kappa shape index (κ2) is 14.5. The Kier molecular flexibility index (Phi) is 12.8. The van der Waals surface area contributed by atoms with Crippen molar-refractivity contribution in [2.75, 3.05) is 0 Å². The van der Waals surface area contributed by atoms with Gasteiger partial charge in [-0.1, -0.05) is 90.4 Å². The lowest BCUT2D eigenvalue weighted by Gasteiger charge is -2.07. The SMILES string of the molecule is CCCCCCCCCCCCCCCCc1cc([N+](=O)[O-])ccc1S(=O)(=O)O. The Bertz CT molecular complexity index is 703. The lowest BCUT2D eigenvalue weighted by Crippen LogP contribution is -2.04. The van der Waals surface area contributed by atoms with E-state index < -0.39 is 15.0 Å². The maximum atomic E-state index is 11.5. The minimum absolute atomic E-state index is 0.155.